The van der Waals surface area contributed by atoms with Gasteiger partial charge in [0.15, 0.2) is 5.58 Å². The zero-order valence-electron chi connectivity index (χ0n) is 34.3. The summed E-state index contributed by atoms with van der Waals surface area (Å²) in [6, 6.07) is 69.2. The lowest BCUT2D eigenvalue weighted by Crippen LogP contribution is -2.27. The topological polar surface area (TPSA) is 16.4 Å². The van der Waals surface area contributed by atoms with Crippen LogP contribution in [0, 0.1) is 0 Å². The summed E-state index contributed by atoms with van der Waals surface area (Å²) in [5.41, 5.74) is 20.1. The normalized spacial score (nSPS) is 14.3. The lowest BCUT2D eigenvalue weighted by atomic mass is 9.66. The van der Waals surface area contributed by atoms with E-state index in [4.69, 9.17) is 4.42 Å². The van der Waals surface area contributed by atoms with E-state index < -0.39 is 0 Å². The van der Waals surface area contributed by atoms with Crippen molar-refractivity contribution < 1.29 is 4.42 Å². The molecule has 0 fully saturated rings. The number of hydrogen-bond acceptors (Lipinski definition) is 2. The number of para-hydroxylation sites is 2. The van der Waals surface area contributed by atoms with Gasteiger partial charge in [-0.05, 0) is 114 Å². The number of nitrogens with zero attached hydrogens (tertiary/aromatic N) is 1. The second-order valence-electron chi connectivity index (χ2n) is 17.6. The van der Waals surface area contributed by atoms with Crippen LogP contribution >= 0.6 is 0 Å². The van der Waals surface area contributed by atoms with E-state index in [-0.39, 0.29) is 10.8 Å². The average molecular weight is 770 g/mol. The molecule has 12 rings (SSSR count). The fourth-order valence-electron chi connectivity index (χ4n) is 10.8. The largest absolute Gasteiger partial charge is 0.454 e. The van der Waals surface area contributed by atoms with Gasteiger partial charge in [0.05, 0.1) is 11.4 Å². The van der Waals surface area contributed by atoms with Crippen molar-refractivity contribution in [3.8, 4) is 44.5 Å². The molecular weight excluding hydrogens is 727 g/mol. The summed E-state index contributed by atoms with van der Waals surface area (Å²) in [5.74, 6) is 0. The fraction of sp³-hybridized carbons (Fsp3) is 0.103. The van der Waals surface area contributed by atoms with Gasteiger partial charge in [-0.15, -0.1) is 0 Å². The van der Waals surface area contributed by atoms with Gasteiger partial charge in [0.2, 0.25) is 0 Å². The molecule has 1 heterocycles. The minimum absolute atomic E-state index is 0.0948. The van der Waals surface area contributed by atoms with E-state index in [1.807, 2.05) is 0 Å². The predicted molar refractivity (Wildman–Crippen MR) is 252 cm³/mol. The molecule has 2 aliphatic rings. The Bertz CT molecular complexity index is 3370. The van der Waals surface area contributed by atoms with Gasteiger partial charge in [-0.2, -0.15) is 0 Å². The van der Waals surface area contributed by atoms with Crippen LogP contribution in [0.3, 0.4) is 0 Å². The van der Waals surface area contributed by atoms with E-state index in [9.17, 15) is 0 Å². The second-order valence-corrected chi connectivity index (χ2v) is 17.6. The van der Waals surface area contributed by atoms with Crippen molar-refractivity contribution in [3.63, 3.8) is 0 Å². The molecule has 0 spiro atoms. The molecule has 0 saturated heterocycles. The Labute approximate surface area is 351 Å². The van der Waals surface area contributed by atoms with Crippen molar-refractivity contribution in [3.05, 3.63) is 210 Å². The maximum absolute atomic E-state index is 6.81. The minimum atomic E-state index is -0.345. The summed E-state index contributed by atoms with van der Waals surface area (Å²) in [7, 11) is 0. The van der Waals surface area contributed by atoms with Crippen LogP contribution in [0.15, 0.2) is 192 Å². The molecule has 0 N–H and O–H groups in total. The number of hydrogen-bond donors (Lipinski definition) is 0. The van der Waals surface area contributed by atoms with Crippen molar-refractivity contribution in [1.82, 2.24) is 0 Å². The van der Waals surface area contributed by atoms with Crippen LogP contribution in [-0.4, -0.2) is 0 Å². The molecule has 60 heavy (non-hydrogen) atoms. The molecule has 0 bridgehead atoms. The van der Waals surface area contributed by atoms with Crippen LogP contribution in [0.25, 0.3) is 77.2 Å². The van der Waals surface area contributed by atoms with Gasteiger partial charge >= 0.3 is 0 Å². The van der Waals surface area contributed by atoms with Crippen molar-refractivity contribution in [2.24, 2.45) is 0 Å². The lowest BCUT2D eigenvalue weighted by Gasteiger charge is -2.40. The molecule has 2 nitrogen and oxygen atoms in total. The molecule has 0 radical (unpaired) electrons. The van der Waals surface area contributed by atoms with E-state index in [1.165, 1.54) is 77.5 Å². The maximum atomic E-state index is 6.81. The third-order valence-electron chi connectivity index (χ3n) is 13.6. The molecule has 2 aliphatic carbocycles. The number of fused-ring (bicyclic) bond motifs is 8. The summed E-state index contributed by atoms with van der Waals surface area (Å²) in [4.78, 5) is 2.45. The molecular formula is C58H43NO. The third-order valence-corrected chi connectivity index (χ3v) is 13.6. The monoisotopic (exact) mass is 769 g/mol. The van der Waals surface area contributed by atoms with Crippen LogP contribution in [0.4, 0.5) is 17.1 Å². The zero-order valence-corrected chi connectivity index (χ0v) is 34.3. The Kier molecular flexibility index (Phi) is 7.36. The Morgan fingerprint density at radius 3 is 1.92 bits per heavy atom. The van der Waals surface area contributed by atoms with E-state index in [0.717, 1.165) is 39.0 Å². The fourth-order valence-corrected chi connectivity index (χ4v) is 10.8. The van der Waals surface area contributed by atoms with Crippen LogP contribution in [0.2, 0.25) is 0 Å². The molecule has 0 aliphatic heterocycles. The van der Waals surface area contributed by atoms with Gasteiger partial charge in [-0.25, -0.2) is 0 Å². The maximum Gasteiger partial charge on any atom is 0.159 e. The van der Waals surface area contributed by atoms with Gasteiger partial charge in [-0.3, -0.25) is 0 Å². The number of rotatable bonds is 5. The van der Waals surface area contributed by atoms with Crippen molar-refractivity contribution >= 4 is 49.8 Å². The number of furan rings is 1. The highest BCUT2D eigenvalue weighted by atomic mass is 16.3. The van der Waals surface area contributed by atoms with Gasteiger partial charge in [0, 0.05) is 27.3 Å². The van der Waals surface area contributed by atoms with E-state index >= 15 is 0 Å². The average Bonchev–Trinajstić information content (AvgIpc) is 3.78. The van der Waals surface area contributed by atoms with Gasteiger partial charge in [0.1, 0.15) is 5.58 Å². The quantitative estimate of drug-likeness (QED) is 0.173. The van der Waals surface area contributed by atoms with Gasteiger partial charge in [0.25, 0.3) is 0 Å². The molecule has 286 valence electrons. The van der Waals surface area contributed by atoms with Crippen molar-refractivity contribution in [2.75, 3.05) is 4.90 Å². The summed E-state index contributed by atoms with van der Waals surface area (Å²) in [6.07, 6.45) is 0. The Morgan fingerprint density at radius 2 is 1.05 bits per heavy atom. The molecule has 1 aromatic heterocycles. The first kappa shape index (κ1) is 34.8. The summed E-state index contributed by atoms with van der Waals surface area (Å²) in [6.45, 7) is 9.57. The molecule has 0 unspecified atom stereocenters. The van der Waals surface area contributed by atoms with Crippen LogP contribution < -0.4 is 4.90 Å². The Balaban J connectivity index is 1.12. The number of benzene rings is 9. The molecule has 0 saturated carbocycles. The van der Waals surface area contributed by atoms with Gasteiger partial charge < -0.3 is 9.32 Å². The van der Waals surface area contributed by atoms with Crippen LogP contribution in [-0.2, 0) is 10.8 Å². The van der Waals surface area contributed by atoms with E-state index in [1.54, 1.807) is 0 Å². The van der Waals surface area contributed by atoms with E-state index in [2.05, 4.69) is 221 Å². The first-order valence-electron chi connectivity index (χ1n) is 21.1. The highest BCUT2D eigenvalue weighted by Gasteiger charge is 2.40. The summed E-state index contributed by atoms with van der Waals surface area (Å²) in [5, 5.41) is 4.84. The second kappa shape index (κ2) is 12.7. The third kappa shape index (κ3) is 4.88. The standard InChI is InChI=1S/C58H43NO/c1-57(2)47-22-10-8-18-42(47)43-34-30-39(35-49(43)57)41-33-29-38-17-12-23-48-53(38)54(41)46-21-14-24-50(55(46)58(48,3)4)59(40-31-27-37(28-32-40)36-15-6-5-7-16-36)51-25-13-20-45-44-19-9-11-26-52(44)60-56(45)51/h5-35H,1-4H3. The minimum Gasteiger partial charge on any atom is -0.454 e. The predicted octanol–water partition coefficient (Wildman–Crippen LogP) is 16.2. The van der Waals surface area contributed by atoms with Crippen molar-refractivity contribution in [1.29, 1.82) is 0 Å². The Morgan fingerprint density at radius 1 is 0.417 bits per heavy atom. The highest BCUT2D eigenvalue weighted by Crippen LogP contribution is 2.57. The molecule has 10 aromatic rings. The smallest absolute Gasteiger partial charge is 0.159 e. The molecule has 9 aromatic carbocycles. The lowest BCUT2D eigenvalue weighted by molar-refractivity contribution is 0.645. The molecule has 2 heteroatoms. The SMILES string of the molecule is CC1(C)c2ccccc2-c2ccc(-c3ccc4cccc5c4c3-c3cccc(N(c4ccc(-c6ccccc6)cc4)c4cccc6c4oc4ccccc46)c3C5(C)C)cc21. The molecule has 0 amide bonds. The highest BCUT2D eigenvalue weighted by molar-refractivity contribution is 6.13. The van der Waals surface area contributed by atoms with Crippen molar-refractivity contribution in [2.45, 2.75) is 38.5 Å². The van der Waals surface area contributed by atoms with E-state index in [0.29, 0.717) is 0 Å². The Hall–Kier alpha value is -7.16. The summed E-state index contributed by atoms with van der Waals surface area (Å²) >= 11 is 0. The molecule has 0 atom stereocenters. The van der Waals surface area contributed by atoms with Gasteiger partial charge in [-0.1, -0.05) is 179 Å². The number of anilines is 3. The summed E-state index contributed by atoms with van der Waals surface area (Å²) < 4.78 is 6.81. The first-order valence-corrected chi connectivity index (χ1v) is 21.1. The van der Waals surface area contributed by atoms with Crippen LogP contribution in [0.1, 0.15) is 49.9 Å². The first-order chi connectivity index (χ1) is 29.3. The van der Waals surface area contributed by atoms with Crippen LogP contribution in [0.5, 0.6) is 0 Å². The zero-order chi connectivity index (χ0) is 40.3.